The van der Waals surface area contributed by atoms with E-state index in [1.54, 1.807) is 18.3 Å². The first-order chi connectivity index (χ1) is 16.9. The molecule has 190 valence electrons. The standard InChI is InChI=1S/C23H26N2O8.CH4O/c26-10-15-7-18(30)23(31)20(32-15)3-1-12-5-13(22-14(6-12)9-24-25-22)2-4-19-16(28)8-17(29)21(11-27)33-19;1-2/h5-6,9,15-21,23,26-31H,7-8,10-11H2,(H,24,25);2H,1H3/t15?,16-,17?,18?,19?,20?,21+,23?;/m0./s1. The molecule has 0 amide bonds. The molecule has 2 aromatic rings. The van der Waals surface area contributed by atoms with Crippen molar-refractivity contribution in [3.05, 3.63) is 29.5 Å². The molecule has 0 spiro atoms. The van der Waals surface area contributed by atoms with Crippen LogP contribution in [0.25, 0.3) is 10.9 Å². The number of aromatic amines is 1. The zero-order chi connectivity index (χ0) is 25.5. The van der Waals surface area contributed by atoms with Crippen LogP contribution in [-0.2, 0) is 9.47 Å². The van der Waals surface area contributed by atoms with Gasteiger partial charge in [-0.05, 0) is 12.1 Å². The van der Waals surface area contributed by atoms with Gasteiger partial charge in [0.1, 0.15) is 24.4 Å². The second-order valence-corrected chi connectivity index (χ2v) is 8.20. The Kier molecular flexibility index (Phi) is 9.60. The van der Waals surface area contributed by atoms with Gasteiger partial charge in [-0.1, -0.05) is 23.7 Å². The highest BCUT2D eigenvalue weighted by molar-refractivity contribution is 5.85. The third-order valence-corrected chi connectivity index (χ3v) is 5.77. The highest BCUT2D eigenvalue weighted by Gasteiger charge is 2.36. The number of aromatic nitrogens is 2. The number of fused-ring (bicyclic) bond motifs is 1. The molecular weight excluding hydrogens is 460 g/mol. The number of benzene rings is 1. The predicted molar refractivity (Wildman–Crippen MR) is 123 cm³/mol. The number of H-pyrrole nitrogens is 1. The Bertz CT molecular complexity index is 1100. The van der Waals surface area contributed by atoms with Gasteiger partial charge in [-0.15, -0.1) is 0 Å². The van der Waals surface area contributed by atoms with Crippen molar-refractivity contribution in [3.8, 4) is 23.7 Å². The van der Waals surface area contributed by atoms with Crippen LogP contribution in [-0.4, -0.2) is 115 Å². The molecule has 2 fully saturated rings. The van der Waals surface area contributed by atoms with E-state index in [0.717, 1.165) is 12.5 Å². The lowest BCUT2D eigenvalue weighted by Gasteiger charge is -2.33. The molecule has 4 rings (SSSR count). The highest BCUT2D eigenvalue weighted by atomic mass is 16.5. The van der Waals surface area contributed by atoms with E-state index in [2.05, 4.69) is 33.9 Å². The average Bonchev–Trinajstić information content (AvgIpc) is 3.34. The molecule has 2 aliphatic heterocycles. The molecule has 3 heterocycles. The van der Waals surface area contributed by atoms with Gasteiger partial charge < -0.3 is 45.2 Å². The molecule has 0 bridgehead atoms. The van der Waals surface area contributed by atoms with Crippen molar-refractivity contribution in [2.24, 2.45) is 0 Å². The summed E-state index contributed by atoms with van der Waals surface area (Å²) < 4.78 is 11.1. The first-order valence-electron chi connectivity index (χ1n) is 11.1. The summed E-state index contributed by atoms with van der Waals surface area (Å²) in [7, 11) is 1.00. The Balaban J connectivity index is 0.00000167. The molecule has 0 aliphatic carbocycles. The molecule has 2 saturated heterocycles. The Hall–Kier alpha value is -2.55. The molecule has 8 N–H and O–H groups in total. The molecule has 1 aromatic heterocycles. The van der Waals surface area contributed by atoms with Crippen LogP contribution in [0.4, 0.5) is 0 Å². The Morgan fingerprint density at radius 1 is 0.914 bits per heavy atom. The minimum absolute atomic E-state index is 0.0416. The Labute approximate surface area is 201 Å². The third kappa shape index (κ3) is 6.37. The smallest absolute Gasteiger partial charge is 0.147 e. The fourth-order valence-electron chi connectivity index (χ4n) is 3.91. The van der Waals surface area contributed by atoms with Crippen LogP contribution >= 0.6 is 0 Å². The molecule has 0 saturated carbocycles. The van der Waals surface area contributed by atoms with Crippen LogP contribution in [0, 0.1) is 23.7 Å². The van der Waals surface area contributed by atoms with E-state index >= 15 is 0 Å². The summed E-state index contributed by atoms with van der Waals surface area (Å²) in [6, 6.07) is 3.47. The zero-order valence-electron chi connectivity index (χ0n) is 19.1. The summed E-state index contributed by atoms with van der Waals surface area (Å²) in [6.07, 6.45) is -5.73. The van der Waals surface area contributed by atoms with Crippen LogP contribution in [0.2, 0.25) is 0 Å². The number of aliphatic hydroxyl groups excluding tert-OH is 7. The van der Waals surface area contributed by atoms with Gasteiger partial charge in [0.05, 0.1) is 54.9 Å². The maximum atomic E-state index is 10.2. The van der Waals surface area contributed by atoms with Crippen LogP contribution in [0.3, 0.4) is 0 Å². The molecule has 11 heteroatoms. The normalized spacial score (nSPS) is 32.5. The highest BCUT2D eigenvalue weighted by Crippen LogP contribution is 2.23. The molecule has 0 radical (unpaired) electrons. The fourth-order valence-corrected chi connectivity index (χ4v) is 3.91. The SMILES string of the molecule is CO.OCC1CC(O)C(O)C(C#Cc2cc(C#CC3O[C@H](CO)C(O)C[C@@H]3O)c3[nH]ncc3c2)O1. The van der Waals surface area contributed by atoms with E-state index in [9.17, 15) is 30.6 Å². The third-order valence-electron chi connectivity index (χ3n) is 5.77. The van der Waals surface area contributed by atoms with Crippen LogP contribution in [0.1, 0.15) is 24.0 Å². The van der Waals surface area contributed by atoms with Crippen molar-refractivity contribution < 1.29 is 45.2 Å². The van der Waals surface area contributed by atoms with E-state index in [1.165, 1.54) is 0 Å². The van der Waals surface area contributed by atoms with Crippen molar-refractivity contribution in [1.29, 1.82) is 0 Å². The summed E-state index contributed by atoms with van der Waals surface area (Å²) in [6.45, 7) is -0.672. The molecule has 11 nitrogen and oxygen atoms in total. The number of hydrogen-bond acceptors (Lipinski definition) is 10. The summed E-state index contributed by atoms with van der Waals surface area (Å²) in [5.41, 5.74) is 1.75. The number of aliphatic hydroxyl groups is 7. The van der Waals surface area contributed by atoms with Gasteiger partial charge in [-0.25, -0.2) is 0 Å². The van der Waals surface area contributed by atoms with Crippen molar-refractivity contribution in [2.45, 2.75) is 61.7 Å². The molecule has 1 aromatic carbocycles. The van der Waals surface area contributed by atoms with Gasteiger partial charge in [0.15, 0.2) is 0 Å². The fraction of sp³-hybridized carbons (Fsp3) is 0.542. The van der Waals surface area contributed by atoms with Crippen molar-refractivity contribution in [1.82, 2.24) is 10.2 Å². The quantitative estimate of drug-likeness (QED) is 0.211. The van der Waals surface area contributed by atoms with Crippen molar-refractivity contribution in [3.63, 3.8) is 0 Å². The number of nitrogens with zero attached hydrogens (tertiary/aromatic N) is 1. The maximum Gasteiger partial charge on any atom is 0.147 e. The van der Waals surface area contributed by atoms with Crippen molar-refractivity contribution >= 4 is 10.9 Å². The molecule has 2 aliphatic rings. The van der Waals surface area contributed by atoms with E-state index < -0.39 is 48.8 Å². The van der Waals surface area contributed by atoms with E-state index in [1.807, 2.05) is 0 Å². The Morgan fingerprint density at radius 3 is 2.37 bits per heavy atom. The minimum atomic E-state index is -1.20. The first kappa shape index (κ1) is 27.0. The maximum absolute atomic E-state index is 10.2. The lowest BCUT2D eigenvalue weighted by atomic mass is 9.97. The van der Waals surface area contributed by atoms with Gasteiger partial charge in [0.25, 0.3) is 0 Å². The number of nitrogens with one attached hydrogen (secondary N) is 1. The van der Waals surface area contributed by atoms with E-state index in [0.29, 0.717) is 16.6 Å². The molecule has 35 heavy (non-hydrogen) atoms. The van der Waals surface area contributed by atoms with Gasteiger partial charge in [-0.2, -0.15) is 5.10 Å². The van der Waals surface area contributed by atoms with Crippen molar-refractivity contribution in [2.75, 3.05) is 20.3 Å². The minimum Gasteiger partial charge on any atom is -0.400 e. The summed E-state index contributed by atoms with van der Waals surface area (Å²) in [5, 5.41) is 73.4. The first-order valence-corrected chi connectivity index (χ1v) is 11.1. The van der Waals surface area contributed by atoms with Gasteiger partial charge >= 0.3 is 0 Å². The summed E-state index contributed by atoms with van der Waals surface area (Å²) >= 11 is 0. The largest absolute Gasteiger partial charge is 0.400 e. The number of hydrogen-bond donors (Lipinski definition) is 8. The monoisotopic (exact) mass is 490 g/mol. The summed E-state index contributed by atoms with van der Waals surface area (Å²) in [5.74, 6) is 11.5. The average molecular weight is 491 g/mol. The summed E-state index contributed by atoms with van der Waals surface area (Å²) in [4.78, 5) is 0. The predicted octanol–water partition coefficient (Wildman–Crippen LogP) is -2.38. The van der Waals surface area contributed by atoms with E-state index in [4.69, 9.17) is 14.6 Å². The zero-order valence-corrected chi connectivity index (χ0v) is 19.1. The number of rotatable bonds is 2. The van der Waals surface area contributed by atoms with Crippen LogP contribution in [0.15, 0.2) is 18.3 Å². The van der Waals surface area contributed by atoms with Gasteiger partial charge in [0.2, 0.25) is 0 Å². The van der Waals surface area contributed by atoms with Gasteiger partial charge in [0, 0.05) is 30.9 Å². The van der Waals surface area contributed by atoms with Crippen LogP contribution in [0.5, 0.6) is 0 Å². The van der Waals surface area contributed by atoms with E-state index in [-0.39, 0.29) is 26.1 Å². The van der Waals surface area contributed by atoms with Crippen LogP contribution < -0.4 is 0 Å². The second kappa shape index (κ2) is 12.4. The Morgan fingerprint density at radius 2 is 1.66 bits per heavy atom. The lowest BCUT2D eigenvalue weighted by molar-refractivity contribution is -0.160. The molecule has 6 unspecified atom stereocenters. The lowest BCUT2D eigenvalue weighted by Crippen LogP contribution is -2.48. The van der Waals surface area contributed by atoms with Gasteiger partial charge in [-0.3, -0.25) is 5.10 Å². The second-order valence-electron chi connectivity index (χ2n) is 8.20. The topological polar surface area (TPSA) is 189 Å². The molecule has 8 atom stereocenters. The number of ether oxygens (including phenoxy) is 2. The molecular formula is C24H30N2O9.